The van der Waals surface area contributed by atoms with Crippen LogP contribution in [0.2, 0.25) is 0 Å². The number of aliphatic hydroxyl groups is 1. The monoisotopic (exact) mass is 670 g/mol. The molecule has 282 valence electrons. The van der Waals surface area contributed by atoms with Gasteiger partial charge < -0.3 is 24.2 Å². The highest BCUT2D eigenvalue weighted by molar-refractivity contribution is 5.69. The number of carbonyl (C=O) groups excluding carboxylic acids is 1. The Balaban J connectivity index is 4.05. The van der Waals surface area contributed by atoms with Crippen LogP contribution in [-0.4, -0.2) is 67.8 Å². The van der Waals surface area contributed by atoms with Gasteiger partial charge in [0, 0.05) is 26.2 Å². The highest BCUT2D eigenvalue weighted by Gasteiger charge is 2.11. The van der Waals surface area contributed by atoms with Crippen LogP contribution < -0.4 is 0 Å². The van der Waals surface area contributed by atoms with Crippen molar-refractivity contribution in [3.05, 3.63) is 0 Å². The highest BCUT2D eigenvalue weighted by atomic mass is 16.7. The van der Waals surface area contributed by atoms with Crippen LogP contribution in [0.15, 0.2) is 0 Å². The van der Waals surface area contributed by atoms with E-state index in [9.17, 15) is 9.90 Å². The summed E-state index contributed by atoms with van der Waals surface area (Å²) in [5.74, 6) is -0.0287. The van der Waals surface area contributed by atoms with Gasteiger partial charge in [-0.05, 0) is 77.8 Å². The molecule has 0 saturated carbocycles. The third kappa shape index (κ3) is 35.0. The van der Waals surface area contributed by atoms with E-state index in [1.165, 1.54) is 109 Å². The minimum Gasteiger partial charge on any atom is -0.463 e. The van der Waals surface area contributed by atoms with Gasteiger partial charge in [-0.15, -0.1) is 0 Å². The van der Waals surface area contributed by atoms with Crippen molar-refractivity contribution in [3.8, 4) is 0 Å². The van der Waals surface area contributed by atoms with Gasteiger partial charge in [0.1, 0.15) is 0 Å². The van der Waals surface area contributed by atoms with Gasteiger partial charge in [0.05, 0.1) is 12.7 Å². The van der Waals surface area contributed by atoms with Gasteiger partial charge in [-0.1, -0.05) is 136 Å². The van der Waals surface area contributed by atoms with Gasteiger partial charge in [-0.2, -0.15) is 0 Å². The number of ether oxygens (including phenoxy) is 3. The van der Waals surface area contributed by atoms with E-state index in [4.69, 9.17) is 14.2 Å². The maximum atomic E-state index is 12.1. The van der Waals surface area contributed by atoms with Crippen LogP contribution in [0.1, 0.15) is 207 Å². The fraction of sp³-hybridized carbons (Fsp3) is 0.976. The van der Waals surface area contributed by atoms with Crippen molar-refractivity contribution in [2.75, 3.05) is 39.5 Å². The number of hydrogen-bond donors (Lipinski definition) is 1. The molecule has 1 unspecified atom stereocenters. The molecular weight excluding hydrogens is 586 g/mol. The normalized spacial score (nSPS) is 12.4. The van der Waals surface area contributed by atoms with E-state index in [0.29, 0.717) is 6.42 Å². The minimum absolute atomic E-state index is 0.0287. The molecule has 0 heterocycles. The number of unbranched alkanes of at least 4 members (excludes halogenated alkanes) is 20. The lowest BCUT2D eigenvalue weighted by Gasteiger charge is -2.21. The van der Waals surface area contributed by atoms with Crippen molar-refractivity contribution in [3.63, 3.8) is 0 Å². The summed E-state index contributed by atoms with van der Waals surface area (Å²) in [4.78, 5) is 14.5. The van der Waals surface area contributed by atoms with Gasteiger partial charge in [-0.25, -0.2) is 0 Å². The first-order chi connectivity index (χ1) is 23.1. The van der Waals surface area contributed by atoms with Gasteiger partial charge >= 0.3 is 5.97 Å². The second-order valence-corrected chi connectivity index (χ2v) is 14.1. The van der Waals surface area contributed by atoms with E-state index in [1.54, 1.807) is 0 Å². The molecular formula is C41H83NO5. The molecule has 1 N–H and O–H groups in total. The molecule has 0 amide bonds. The summed E-state index contributed by atoms with van der Waals surface area (Å²) in [5, 5.41) is 9.57. The molecule has 47 heavy (non-hydrogen) atoms. The first-order valence-electron chi connectivity index (χ1n) is 20.8. The Kier molecular flexibility index (Phi) is 37.6. The molecule has 0 aliphatic heterocycles. The molecule has 0 bridgehead atoms. The molecule has 0 rings (SSSR count). The van der Waals surface area contributed by atoms with E-state index < -0.39 is 0 Å². The van der Waals surface area contributed by atoms with Crippen LogP contribution in [-0.2, 0) is 19.0 Å². The van der Waals surface area contributed by atoms with Gasteiger partial charge in [0.25, 0.3) is 0 Å². The standard InChI is InChI=1S/C41H83NO5/c1-5-8-11-14-21-28-37-45-41(46-38-29-22-15-12-9-6-2)32-25-18-20-27-34-42(35-36-43)33-26-19-16-17-24-31-40(44)47-39(4)30-23-13-10-7-3/h39,41,43H,5-38H2,1-4H3. The molecule has 6 heteroatoms. The molecule has 0 radical (unpaired) electrons. The van der Waals surface area contributed by atoms with Crippen molar-refractivity contribution in [1.29, 1.82) is 0 Å². The zero-order valence-corrected chi connectivity index (χ0v) is 32.2. The number of nitrogens with zero attached hydrogens (tertiary/aromatic N) is 1. The number of hydrogen-bond acceptors (Lipinski definition) is 6. The van der Waals surface area contributed by atoms with Crippen LogP contribution in [0.4, 0.5) is 0 Å². The summed E-state index contributed by atoms with van der Waals surface area (Å²) in [6.07, 6.45) is 33.2. The lowest BCUT2D eigenvalue weighted by molar-refractivity contribution is -0.148. The van der Waals surface area contributed by atoms with Crippen LogP contribution >= 0.6 is 0 Å². The highest BCUT2D eigenvalue weighted by Crippen LogP contribution is 2.15. The fourth-order valence-electron chi connectivity index (χ4n) is 6.22. The van der Waals surface area contributed by atoms with E-state index >= 15 is 0 Å². The average molecular weight is 670 g/mol. The molecule has 0 aromatic carbocycles. The van der Waals surface area contributed by atoms with Gasteiger partial charge in [0.15, 0.2) is 6.29 Å². The Labute approximate surface area is 293 Å². The largest absolute Gasteiger partial charge is 0.463 e. The quantitative estimate of drug-likeness (QED) is 0.0399. The van der Waals surface area contributed by atoms with E-state index in [1.807, 2.05) is 6.92 Å². The lowest BCUT2D eigenvalue weighted by atomic mass is 10.1. The zero-order valence-electron chi connectivity index (χ0n) is 32.2. The predicted molar refractivity (Wildman–Crippen MR) is 201 cm³/mol. The Hall–Kier alpha value is -0.690. The third-order valence-electron chi connectivity index (χ3n) is 9.34. The Morgan fingerprint density at radius 3 is 1.49 bits per heavy atom. The van der Waals surface area contributed by atoms with Crippen LogP contribution in [0.25, 0.3) is 0 Å². The first kappa shape index (κ1) is 46.3. The average Bonchev–Trinajstić information content (AvgIpc) is 3.06. The maximum Gasteiger partial charge on any atom is 0.306 e. The van der Waals surface area contributed by atoms with E-state index in [0.717, 1.165) is 97.1 Å². The van der Waals surface area contributed by atoms with Gasteiger partial charge in [0.2, 0.25) is 0 Å². The molecule has 0 aliphatic carbocycles. The van der Waals surface area contributed by atoms with Crippen LogP contribution in [0, 0.1) is 0 Å². The summed E-state index contributed by atoms with van der Waals surface area (Å²) < 4.78 is 18.0. The second kappa shape index (κ2) is 38.1. The molecule has 0 aliphatic rings. The summed E-state index contributed by atoms with van der Waals surface area (Å²) in [5.41, 5.74) is 0. The van der Waals surface area contributed by atoms with Crippen molar-refractivity contribution in [1.82, 2.24) is 4.90 Å². The SMILES string of the molecule is CCCCCCCCOC(CCCCCCN(CCO)CCCCCCCC(=O)OC(C)CCCCCC)OCCCCCCCC. The minimum atomic E-state index is -0.0401. The van der Waals surface area contributed by atoms with Crippen molar-refractivity contribution in [2.45, 2.75) is 220 Å². The molecule has 0 spiro atoms. The molecule has 0 aromatic heterocycles. The summed E-state index contributed by atoms with van der Waals surface area (Å²) in [6, 6.07) is 0. The molecule has 0 saturated heterocycles. The first-order valence-corrected chi connectivity index (χ1v) is 20.8. The van der Waals surface area contributed by atoms with Crippen molar-refractivity contribution >= 4 is 5.97 Å². The topological polar surface area (TPSA) is 68.2 Å². The molecule has 1 atom stereocenters. The number of carbonyl (C=O) groups is 1. The number of esters is 1. The Morgan fingerprint density at radius 1 is 0.532 bits per heavy atom. The zero-order chi connectivity index (χ0) is 34.5. The smallest absolute Gasteiger partial charge is 0.306 e. The van der Waals surface area contributed by atoms with E-state index in [2.05, 4.69) is 25.7 Å². The van der Waals surface area contributed by atoms with Crippen molar-refractivity contribution in [2.24, 2.45) is 0 Å². The molecule has 0 fully saturated rings. The summed E-state index contributed by atoms with van der Waals surface area (Å²) in [6.45, 7) is 13.6. The van der Waals surface area contributed by atoms with Gasteiger partial charge in [-0.3, -0.25) is 4.79 Å². The van der Waals surface area contributed by atoms with Crippen LogP contribution in [0.5, 0.6) is 0 Å². The van der Waals surface area contributed by atoms with E-state index in [-0.39, 0.29) is 25.0 Å². The van der Waals surface area contributed by atoms with Crippen molar-refractivity contribution < 1.29 is 24.1 Å². The molecule has 0 aromatic rings. The lowest BCUT2D eigenvalue weighted by Crippen LogP contribution is -2.29. The number of rotatable bonds is 39. The Bertz CT molecular complexity index is 601. The third-order valence-corrected chi connectivity index (χ3v) is 9.34. The molecule has 6 nitrogen and oxygen atoms in total. The summed E-state index contributed by atoms with van der Waals surface area (Å²) >= 11 is 0. The van der Waals surface area contributed by atoms with Crippen LogP contribution in [0.3, 0.4) is 0 Å². The second-order valence-electron chi connectivity index (χ2n) is 14.1. The predicted octanol–water partition coefficient (Wildman–Crippen LogP) is 11.6. The Morgan fingerprint density at radius 2 is 0.957 bits per heavy atom. The fourth-order valence-corrected chi connectivity index (χ4v) is 6.22. The maximum absolute atomic E-state index is 12.1. The number of aliphatic hydroxyl groups excluding tert-OH is 1. The summed E-state index contributed by atoms with van der Waals surface area (Å²) in [7, 11) is 0.